The fourth-order valence-electron chi connectivity index (χ4n) is 2.31. The summed E-state index contributed by atoms with van der Waals surface area (Å²) in [5.41, 5.74) is -0.157. The molecule has 0 saturated heterocycles. The normalized spacial score (nSPS) is 11.1. The summed E-state index contributed by atoms with van der Waals surface area (Å²) in [4.78, 5) is 9.21. The van der Waals surface area contributed by atoms with Gasteiger partial charge in [-0.2, -0.15) is 23.4 Å². The smallest absolute Gasteiger partial charge is 0.423 e. The standard InChI is InChI=1S/C18H19F3N4O/c1-3-4-7-10-26-16-14(18(19,20)21)12-23-17(24-16)25(2)15-9-6-5-8-13(15)11-22/h5-6,8-9,12H,3-4,7,10H2,1-2H3. The van der Waals surface area contributed by atoms with Gasteiger partial charge in [0, 0.05) is 13.2 Å². The lowest BCUT2D eigenvalue weighted by Gasteiger charge is -2.20. The Hall–Kier alpha value is -2.82. The van der Waals surface area contributed by atoms with Crippen LogP contribution in [0.25, 0.3) is 0 Å². The number of halogens is 3. The molecule has 2 aromatic rings. The number of rotatable bonds is 7. The molecule has 0 aliphatic heterocycles. The van der Waals surface area contributed by atoms with Gasteiger partial charge in [-0.25, -0.2) is 4.98 Å². The van der Waals surface area contributed by atoms with Crippen molar-refractivity contribution < 1.29 is 17.9 Å². The molecule has 0 aliphatic carbocycles. The summed E-state index contributed by atoms with van der Waals surface area (Å²) in [7, 11) is 1.58. The van der Waals surface area contributed by atoms with Crippen LogP contribution in [0.15, 0.2) is 30.5 Å². The maximum Gasteiger partial charge on any atom is 0.423 e. The number of anilines is 2. The Morgan fingerprint density at radius 3 is 2.62 bits per heavy atom. The minimum atomic E-state index is -4.61. The second-order valence-corrected chi connectivity index (χ2v) is 5.63. The highest BCUT2D eigenvalue weighted by molar-refractivity contribution is 5.65. The van der Waals surface area contributed by atoms with Gasteiger partial charge in [0.2, 0.25) is 11.8 Å². The monoisotopic (exact) mass is 364 g/mol. The van der Waals surface area contributed by atoms with Crippen LogP contribution in [0.1, 0.15) is 37.3 Å². The molecular weight excluding hydrogens is 345 g/mol. The summed E-state index contributed by atoms with van der Waals surface area (Å²) in [6.07, 6.45) is -1.47. The minimum Gasteiger partial charge on any atom is -0.477 e. The Morgan fingerprint density at radius 1 is 1.23 bits per heavy atom. The van der Waals surface area contributed by atoms with Gasteiger partial charge < -0.3 is 9.64 Å². The third-order valence-corrected chi connectivity index (χ3v) is 3.72. The first kappa shape index (κ1) is 19.5. The van der Waals surface area contributed by atoms with E-state index < -0.39 is 17.6 Å². The van der Waals surface area contributed by atoms with E-state index in [4.69, 9.17) is 4.74 Å². The van der Waals surface area contributed by atoms with E-state index in [1.807, 2.05) is 13.0 Å². The number of aromatic nitrogens is 2. The maximum absolute atomic E-state index is 13.2. The lowest BCUT2D eigenvalue weighted by molar-refractivity contribution is -0.139. The summed E-state index contributed by atoms with van der Waals surface area (Å²) >= 11 is 0. The summed E-state index contributed by atoms with van der Waals surface area (Å²) in [6, 6.07) is 8.73. The van der Waals surface area contributed by atoms with E-state index in [-0.39, 0.29) is 12.6 Å². The van der Waals surface area contributed by atoms with Crippen LogP contribution in [0.5, 0.6) is 5.88 Å². The van der Waals surface area contributed by atoms with Crippen LogP contribution < -0.4 is 9.64 Å². The Kier molecular flexibility index (Phi) is 6.39. The van der Waals surface area contributed by atoms with Crippen LogP contribution in [-0.2, 0) is 6.18 Å². The fraction of sp³-hybridized carbons (Fsp3) is 0.389. The van der Waals surface area contributed by atoms with E-state index in [9.17, 15) is 18.4 Å². The molecule has 0 amide bonds. The molecule has 0 bridgehead atoms. The van der Waals surface area contributed by atoms with Gasteiger partial charge in [-0.15, -0.1) is 0 Å². The molecule has 26 heavy (non-hydrogen) atoms. The van der Waals surface area contributed by atoms with Crippen molar-refractivity contribution >= 4 is 11.6 Å². The molecule has 0 N–H and O–H groups in total. The van der Waals surface area contributed by atoms with Crippen LogP contribution in [0.4, 0.5) is 24.8 Å². The number of ether oxygens (including phenoxy) is 1. The van der Waals surface area contributed by atoms with Crippen molar-refractivity contribution in [2.75, 3.05) is 18.6 Å². The molecule has 1 aromatic carbocycles. The summed E-state index contributed by atoms with van der Waals surface area (Å²) in [6.45, 7) is 2.14. The van der Waals surface area contributed by atoms with Gasteiger partial charge >= 0.3 is 6.18 Å². The SMILES string of the molecule is CCCCCOc1nc(N(C)c2ccccc2C#N)ncc1C(F)(F)F. The Labute approximate surface area is 150 Å². The van der Waals surface area contributed by atoms with Crippen LogP contribution >= 0.6 is 0 Å². The molecule has 0 aliphatic rings. The average Bonchev–Trinajstić information content (AvgIpc) is 2.63. The molecule has 0 atom stereocenters. The molecule has 2 rings (SSSR count). The van der Waals surface area contributed by atoms with Crippen LogP contribution in [0, 0.1) is 11.3 Å². The number of para-hydroxylation sites is 1. The van der Waals surface area contributed by atoms with Crippen molar-refractivity contribution in [1.29, 1.82) is 5.26 Å². The number of unbranched alkanes of at least 4 members (excludes halogenated alkanes) is 2. The second-order valence-electron chi connectivity index (χ2n) is 5.63. The van der Waals surface area contributed by atoms with Gasteiger partial charge in [-0.05, 0) is 18.6 Å². The number of hydrogen-bond acceptors (Lipinski definition) is 5. The predicted molar refractivity (Wildman–Crippen MR) is 91.3 cm³/mol. The van der Waals surface area contributed by atoms with Gasteiger partial charge in [0.25, 0.3) is 0 Å². The van der Waals surface area contributed by atoms with Crippen molar-refractivity contribution in [3.05, 3.63) is 41.6 Å². The predicted octanol–water partition coefficient (Wildman–Crippen LogP) is 4.70. The fourth-order valence-corrected chi connectivity index (χ4v) is 2.31. The summed E-state index contributed by atoms with van der Waals surface area (Å²) < 4.78 is 44.8. The zero-order valence-electron chi connectivity index (χ0n) is 14.5. The average molecular weight is 364 g/mol. The zero-order chi connectivity index (χ0) is 19.2. The summed E-state index contributed by atoms with van der Waals surface area (Å²) in [5, 5.41) is 9.20. The molecule has 138 valence electrons. The molecule has 0 saturated carbocycles. The second kappa shape index (κ2) is 8.52. The topological polar surface area (TPSA) is 62.0 Å². The molecule has 8 heteroatoms. The van der Waals surface area contributed by atoms with E-state index in [1.165, 1.54) is 4.90 Å². The number of alkyl halides is 3. The quantitative estimate of drug-likeness (QED) is 0.666. The van der Waals surface area contributed by atoms with Crippen molar-refractivity contribution in [3.63, 3.8) is 0 Å². The molecule has 0 unspecified atom stereocenters. The number of hydrogen-bond donors (Lipinski definition) is 0. The van der Waals surface area contributed by atoms with E-state index in [2.05, 4.69) is 9.97 Å². The Bertz CT molecular complexity index is 787. The van der Waals surface area contributed by atoms with Crippen molar-refractivity contribution in [2.24, 2.45) is 0 Å². The molecule has 1 heterocycles. The first-order valence-corrected chi connectivity index (χ1v) is 8.18. The Morgan fingerprint density at radius 2 is 1.96 bits per heavy atom. The highest BCUT2D eigenvalue weighted by Crippen LogP contribution is 2.36. The number of benzene rings is 1. The minimum absolute atomic E-state index is 0.0196. The van der Waals surface area contributed by atoms with Crippen molar-refractivity contribution in [2.45, 2.75) is 32.4 Å². The van der Waals surface area contributed by atoms with Gasteiger partial charge in [0.15, 0.2) is 0 Å². The van der Waals surface area contributed by atoms with Crippen LogP contribution in [-0.4, -0.2) is 23.6 Å². The molecular formula is C18H19F3N4O. The molecule has 5 nitrogen and oxygen atoms in total. The third kappa shape index (κ3) is 4.63. The lowest BCUT2D eigenvalue weighted by Crippen LogP contribution is -2.18. The largest absolute Gasteiger partial charge is 0.477 e. The van der Waals surface area contributed by atoms with Crippen molar-refractivity contribution in [1.82, 2.24) is 9.97 Å². The molecule has 0 fully saturated rings. The van der Waals surface area contributed by atoms with Gasteiger partial charge in [0.1, 0.15) is 11.6 Å². The molecule has 0 radical (unpaired) electrons. The maximum atomic E-state index is 13.2. The zero-order valence-corrected chi connectivity index (χ0v) is 14.5. The van der Waals surface area contributed by atoms with E-state index in [0.29, 0.717) is 23.9 Å². The summed E-state index contributed by atoms with van der Waals surface area (Å²) in [5.74, 6) is -0.480. The highest BCUT2D eigenvalue weighted by atomic mass is 19.4. The van der Waals surface area contributed by atoms with Crippen LogP contribution in [0.2, 0.25) is 0 Å². The first-order chi connectivity index (χ1) is 12.4. The Balaban J connectivity index is 2.36. The van der Waals surface area contributed by atoms with Gasteiger partial charge in [-0.1, -0.05) is 31.9 Å². The van der Waals surface area contributed by atoms with E-state index >= 15 is 0 Å². The number of nitrogens with zero attached hydrogens (tertiary/aromatic N) is 4. The molecule has 0 spiro atoms. The number of nitriles is 1. The van der Waals surface area contributed by atoms with Gasteiger partial charge in [0.05, 0.1) is 17.9 Å². The molecule has 1 aromatic heterocycles. The third-order valence-electron chi connectivity index (χ3n) is 3.72. The highest BCUT2D eigenvalue weighted by Gasteiger charge is 2.36. The van der Waals surface area contributed by atoms with Crippen molar-refractivity contribution in [3.8, 4) is 11.9 Å². The van der Waals surface area contributed by atoms with E-state index in [0.717, 1.165) is 12.8 Å². The van der Waals surface area contributed by atoms with Crippen LogP contribution in [0.3, 0.4) is 0 Å². The first-order valence-electron chi connectivity index (χ1n) is 8.18. The van der Waals surface area contributed by atoms with Gasteiger partial charge in [-0.3, -0.25) is 0 Å². The lowest BCUT2D eigenvalue weighted by atomic mass is 10.2. The van der Waals surface area contributed by atoms with E-state index in [1.54, 1.807) is 31.3 Å².